The molecule has 0 atom stereocenters. The number of hydrogen-bond donors (Lipinski definition) is 2. The third-order valence-electron chi connectivity index (χ3n) is 4.19. The first-order chi connectivity index (χ1) is 11.3. The number of unbranched alkanes of at least 4 members (excludes halogenated alkanes) is 15. The average Bonchev–Trinajstić information content (AvgIpc) is 2.53. The van der Waals surface area contributed by atoms with Gasteiger partial charge in [0.15, 0.2) is 0 Å². The van der Waals surface area contributed by atoms with E-state index in [-0.39, 0.29) is 5.96 Å². The molecular weight excluding hydrogens is 284 g/mol. The summed E-state index contributed by atoms with van der Waals surface area (Å²) in [5.41, 5.74) is 10.4. The molecule has 0 saturated carbocycles. The number of nitrogens with zero attached hydrogens (tertiary/aromatic N) is 2. The Balaban J connectivity index is 3.05. The van der Waals surface area contributed by atoms with Crippen molar-refractivity contribution in [2.45, 2.75) is 110 Å². The van der Waals surface area contributed by atoms with Gasteiger partial charge < -0.3 is 11.5 Å². The summed E-state index contributed by atoms with van der Waals surface area (Å²) in [6, 6.07) is 0. The lowest BCUT2D eigenvalue weighted by Crippen LogP contribution is -2.21. The van der Waals surface area contributed by atoms with E-state index in [1.807, 2.05) is 0 Å². The summed E-state index contributed by atoms with van der Waals surface area (Å²) in [4.78, 5) is 0. The average molecular weight is 325 g/mol. The highest BCUT2D eigenvalue weighted by Crippen LogP contribution is 2.13. The summed E-state index contributed by atoms with van der Waals surface area (Å²) in [6.07, 6.45) is 23.6. The van der Waals surface area contributed by atoms with Gasteiger partial charge in [-0.25, -0.2) is 0 Å². The molecule has 0 aromatic carbocycles. The van der Waals surface area contributed by atoms with Crippen LogP contribution in [0, 0.1) is 0 Å². The van der Waals surface area contributed by atoms with Gasteiger partial charge in [-0.15, -0.1) is 5.10 Å². The minimum absolute atomic E-state index is 0.0257. The maximum atomic E-state index is 5.18. The predicted octanol–water partition coefficient (Wildman–Crippen LogP) is 5.51. The largest absolute Gasteiger partial charge is 0.369 e. The van der Waals surface area contributed by atoms with Crippen LogP contribution in [0.3, 0.4) is 0 Å². The fourth-order valence-electron chi connectivity index (χ4n) is 2.77. The van der Waals surface area contributed by atoms with E-state index in [4.69, 9.17) is 11.5 Å². The zero-order valence-corrected chi connectivity index (χ0v) is 15.4. The van der Waals surface area contributed by atoms with Crippen LogP contribution in [0.25, 0.3) is 0 Å². The van der Waals surface area contributed by atoms with Gasteiger partial charge in [-0.1, -0.05) is 96.8 Å². The van der Waals surface area contributed by atoms with Gasteiger partial charge in [-0.2, -0.15) is 5.10 Å². The molecule has 0 fully saturated rings. The van der Waals surface area contributed by atoms with Crippen molar-refractivity contribution < 1.29 is 0 Å². The highest BCUT2D eigenvalue weighted by Gasteiger charge is 1.94. The zero-order chi connectivity index (χ0) is 17.0. The second-order valence-electron chi connectivity index (χ2n) is 6.56. The molecule has 0 aromatic heterocycles. The first-order valence-corrected chi connectivity index (χ1v) is 9.87. The SMILES string of the molecule is CCCCCCCCCCCCCCCCC/C=N\N=C(N)N. The van der Waals surface area contributed by atoms with E-state index < -0.39 is 0 Å². The lowest BCUT2D eigenvalue weighted by molar-refractivity contribution is 0.533. The molecule has 0 radical (unpaired) electrons. The highest BCUT2D eigenvalue weighted by atomic mass is 15.3. The third kappa shape index (κ3) is 20.9. The topological polar surface area (TPSA) is 76.8 Å². The molecule has 0 spiro atoms. The van der Waals surface area contributed by atoms with Crippen molar-refractivity contribution in [1.82, 2.24) is 0 Å². The van der Waals surface area contributed by atoms with Crippen molar-refractivity contribution in [1.29, 1.82) is 0 Å². The Morgan fingerprint density at radius 3 is 1.43 bits per heavy atom. The molecule has 0 heterocycles. The molecule has 0 aromatic rings. The number of rotatable bonds is 17. The molecule has 4 heteroatoms. The maximum Gasteiger partial charge on any atom is 0.211 e. The summed E-state index contributed by atoms with van der Waals surface area (Å²) in [7, 11) is 0. The lowest BCUT2D eigenvalue weighted by atomic mass is 10.0. The van der Waals surface area contributed by atoms with Gasteiger partial charge in [0.2, 0.25) is 5.96 Å². The van der Waals surface area contributed by atoms with Gasteiger partial charge in [0.05, 0.1) is 0 Å². The molecule has 23 heavy (non-hydrogen) atoms. The van der Waals surface area contributed by atoms with E-state index >= 15 is 0 Å². The molecule has 0 saturated heterocycles. The Hall–Kier alpha value is -1.06. The predicted molar refractivity (Wildman–Crippen MR) is 104 cm³/mol. The molecule has 0 bridgehead atoms. The summed E-state index contributed by atoms with van der Waals surface area (Å²) in [5.74, 6) is 0.0257. The fraction of sp³-hybridized carbons (Fsp3) is 0.895. The smallest absolute Gasteiger partial charge is 0.211 e. The van der Waals surface area contributed by atoms with Gasteiger partial charge in [0.1, 0.15) is 0 Å². The van der Waals surface area contributed by atoms with Crippen LogP contribution in [0.5, 0.6) is 0 Å². The van der Waals surface area contributed by atoms with Crippen molar-refractivity contribution in [2.24, 2.45) is 21.7 Å². The van der Waals surface area contributed by atoms with Crippen molar-refractivity contribution in [3.8, 4) is 0 Å². The zero-order valence-electron chi connectivity index (χ0n) is 15.4. The third-order valence-corrected chi connectivity index (χ3v) is 4.19. The Morgan fingerprint density at radius 2 is 1.04 bits per heavy atom. The summed E-state index contributed by atoms with van der Waals surface area (Å²) >= 11 is 0. The Bertz CT molecular complexity index is 283. The van der Waals surface area contributed by atoms with Gasteiger partial charge in [0, 0.05) is 6.21 Å². The molecule has 4 N–H and O–H groups in total. The van der Waals surface area contributed by atoms with Crippen LogP contribution in [-0.4, -0.2) is 12.2 Å². The quantitative estimate of drug-likeness (QED) is 0.160. The normalized spacial score (nSPS) is 11.2. The summed E-state index contributed by atoms with van der Waals surface area (Å²) in [6.45, 7) is 2.28. The van der Waals surface area contributed by atoms with Crippen LogP contribution in [0.1, 0.15) is 110 Å². The highest BCUT2D eigenvalue weighted by molar-refractivity contribution is 5.76. The van der Waals surface area contributed by atoms with E-state index in [1.165, 1.54) is 96.3 Å². The van der Waals surface area contributed by atoms with Crippen LogP contribution < -0.4 is 11.5 Å². The fourth-order valence-corrected chi connectivity index (χ4v) is 2.77. The summed E-state index contributed by atoms with van der Waals surface area (Å²) in [5, 5.41) is 7.36. The van der Waals surface area contributed by atoms with Crippen LogP contribution in [0.4, 0.5) is 0 Å². The Labute approximate surface area is 144 Å². The molecule has 0 aliphatic heterocycles. The first kappa shape index (κ1) is 21.9. The van der Waals surface area contributed by atoms with Crippen molar-refractivity contribution in [3.63, 3.8) is 0 Å². The Morgan fingerprint density at radius 1 is 0.652 bits per heavy atom. The van der Waals surface area contributed by atoms with Crippen molar-refractivity contribution in [2.75, 3.05) is 0 Å². The van der Waals surface area contributed by atoms with Gasteiger partial charge in [-0.3, -0.25) is 0 Å². The Kier molecular flexibility index (Phi) is 18.1. The molecular formula is C19H40N4. The van der Waals surface area contributed by atoms with Crippen LogP contribution in [0.2, 0.25) is 0 Å². The van der Waals surface area contributed by atoms with Crippen LogP contribution >= 0.6 is 0 Å². The molecule has 0 unspecified atom stereocenters. The van der Waals surface area contributed by atoms with E-state index in [2.05, 4.69) is 17.1 Å². The molecule has 0 aliphatic rings. The van der Waals surface area contributed by atoms with E-state index in [0.717, 1.165) is 6.42 Å². The molecule has 0 aliphatic carbocycles. The van der Waals surface area contributed by atoms with E-state index in [9.17, 15) is 0 Å². The lowest BCUT2D eigenvalue weighted by Gasteiger charge is -2.03. The molecule has 4 nitrogen and oxygen atoms in total. The van der Waals surface area contributed by atoms with E-state index in [0.29, 0.717) is 0 Å². The number of nitrogens with two attached hydrogens (primary N) is 2. The maximum absolute atomic E-state index is 5.18. The van der Waals surface area contributed by atoms with Crippen molar-refractivity contribution in [3.05, 3.63) is 0 Å². The minimum Gasteiger partial charge on any atom is -0.369 e. The summed E-state index contributed by atoms with van der Waals surface area (Å²) < 4.78 is 0. The van der Waals surface area contributed by atoms with Crippen LogP contribution in [-0.2, 0) is 0 Å². The molecule has 136 valence electrons. The second kappa shape index (κ2) is 19.0. The second-order valence-corrected chi connectivity index (χ2v) is 6.56. The monoisotopic (exact) mass is 324 g/mol. The van der Waals surface area contributed by atoms with Gasteiger partial charge in [0.25, 0.3) is 0 Å². The molecule has 0 amide bonds. The van der Waals surface area contributed by atoms with Crippen LogP contribution in [0.15, 0.2) is 10.2 Å². The molecule has 0 rings (SSSR count). The van der Waals surface area contributed by atoms with E-state index in [1.54, 1.807) is 6.21 Å². The standard InChI is InChI=1S/C19H40N4/c1-2-3-4-5-6-7-8-9-10-11-12-13-14-15-16-17-18-22-23-19(20)21/h18H,2-17H2,1H3,(H4,20,21,23)/b22-18-. The van der Waals surface area contributed by atoms with Gasteiger partial charge >= 0.3 is 0 Å². The minimum atomic E-state index is 0.0257. The van der Waals surface area contributed by atoms with Crippen molar-refractivity contribution >= 4 is 12.2 Å². The number of guanidine groups is 1. The first-order valence-electron chi connectivity index (χ1n) is 9.87. The number of hydrogen-bond acceptors (Lipinski definition) is 2. The van der Waals surface area contributed by atoms with Gasteiger partial charge in [-0.05, 0) is 12.8 Å².